The van der Waals surface area contributed by atoms with Gasteiger partial charge in [-0.25, -0.2) is 0 Å². The van der Waals surface area contributed by atoms with Crippen LogP contribution in [0.4, 0.5) is 0 Å². The lowest BCUT2D eigenvalue weighted by Gasteiger charge is -2.29. The second kappa shape index (κ2) is 12.0. The Labute approximate surface area is 201 Å². The number of thioether (sulfide) groups is 1. The van der Waals surface area contributed by atoms with Gasteiger partial charge in [0.25, 0.3) is 5.91 Å². The summed E-state index contributed by atoms with van der Waals surface area (Å²) in [6, 6.07) is 5.34. The standard InChI is InChI=1S/C26H37N3O3S/c30-24-14-13-22(25(31)27-24)29-19-21-20(26(29)32)11-10-12-23(21)33-18-9-4-2-1-3-6-15-28-16-7-5-8-17-28/h10-12,22H,1-9,13-19H2,(H,27,30,31). The molecule has 3 heterocycles. The molecular formula is C26H37N3O3S. The van der Waals surface area contributed by atoms with Gasteiger partial charge in [-0.1, -0.05) is 38.2 Å². The van der Waals surface area contributed by atoms with Gasteiger partial charge in [0, 0.05) is 23.4 Å². The Balaban J connectivity index is 1.16. The minimum atomic E-state index is -0.546. The van der Waals surface area contributed by atoms with Crippen LogP contribution in [0.5, 0.6) is 0 Å². The molecule has 180 valence electrons. The van der Waals surface area contributed by atoms with Crippen molar-refractivity contribution in [3.8, 4) is 0 Å². The molecule has 6 nitrogen and oxygen atoms in total. The van der Waals surface area contributed by atoms with Gasteiger partial charge < -0.3 is 9.80 Å². The molecule has 0 radical (unpaired) electrons. The van der Waals surface area contributed by atoms with Gasteiger partial charge in [-0.2, -0.15) is 0 Å². The summed E-state index contributed by atoms with van der Waals surface area (Å²) in [6.07, 6.45) is 12.6. The van der Waals surface area contributed by atoms with Gasteiger partial charge in [-0.3, -0.25) is 19.7 Å². The molecule has 2 fully saturated rings. The number of amides is 3. The zero-order valence-corrected chi connectivity index (χ0v) is 20.5. The van der Waals surface area contributed by atoms with Gasteiger partial charge in [0.1, 0.15) is 6.04 Å². The molecule has 1 aromatic rings. The van der Waals surface area contributed by atoms with Crippen LogP contribution in [0.2, 0.25) is 0 Å². The van der Waals surface area contributed by atoms with E-state index in [4.69, 9.17) is 0 Å². The minimum Gasteiger partial charge on any atom is -0.322 e. The molecule has 3 aliphatic rings. The number of hydrogen-bond donors (Lipinski definition) is 1. The monoisotopic (exact) mass is 471 g/mol. The van der Waals surface area contributed by atoms with Crippen molar-refractivity contribution in [2.24, 2.45) is 0 Å². The second-order valence-electron chi connectivity index (χ2n) is 9.55. The van der Waals surface area contributed by atoms with E-state index in [1.165, 1.54) is 77.4 Å². The average Bonchev–Trinajstić information content (AvgIpc) is 3.15. The van der Waals surface area contributed by atoms with Crippen LogP contribution in [0, 0.1) is 0 Å². The Hall–Kier alpha value is -1.86. The molecule has 0 saturated carbocycles. The van der Waals surface area contributed by atoms with E-state index in [0.29, 0.717) is 18.5 Å². The van der Waals surface area contributed by atoms with Crippen molar-refractivity contribution in [1.82, 2.24) is 15.1 Å². The molecule has 0 bridgehead atoms. The zero-order chi connectivity index (χ0) is 23.0. The molecule has 1 unspecified atom stereocenters. The van der Waals surface area contributed by atoms with Crippen LogP contribution in [0.3, 0.4) is 0 Å². The Morgan fingerprint density at radius 2 is 1.70 bits per heavy atom. The van der Waals surface area contributed by atoms with E-state index in [1.54, 1.807) is 4.90 Å². The van der Waals surface area contributed by atoms with E-state index in [1.807, 2.05) is 23.9 Å². The highest BCUT2D eigenvalue weighted by Crippen LogP contribution is 2.34. The molecule has 3 aliphatic heterocycles. The summed E-state index contributed by atoms with van der Waals surface area (Å²) in [5.41, 5.74) is 1.74. The number of hydrogen-bond acceptors (Lipinski definition) is 5. The van der Waals surface area contributed by atoms with Gasteiger partial charge in [0.15, 0.2) is 0 Å². The number of unbranched alkanes of at least 4 members (excludes halogenated alkanes) is 5. The lowest BCUT2D eigenvalue weighted by Crippen LogP contribution is -2.52. The number of carbonyl (C=O) groups excluding carboxylic acids is 3. The quantitative estimate of drug-likeness (QED) is 0.295. The van der Waals surface area contributed by atoms with Crippen molar-refractivity contribution >= 4 is 29.5 Å². The van der Waals surface area contributed by atoms with Gasteiger partial charge in [-0.05, 0) is 75.2 Å². The maximum atomic E-state index is 12.9. The Morgan fingerprint density at radius 1 is 0.939 bits per heavy atom. The second-order valence-corrected chi connectivity index (χ2v) is 10.7. The SMILES string of the molecule is O=C1CCC(N2Cc3c(SCCCCCCCCN4CCCCC4)cccc3C2=O)C(=O)N1. The predicted octanol–water partition coefficient (Wildman–Crippen LogP) is 4.37. The van der Waals surface area contributed by atoms with Crippen LogP contribution < -0.4 is 5.32 Å². The fourth-order valence-electron chi connectivity index (χ4n) is 5.20. The van der Waals surface area contributed by atoms with Crippen molar-refractivity contribution in [1.29, 1.82) is 0 Å². The van der Waals surface area contributed by atoms with Crippen LogP contribution in [-0.4, -0.2) is 59.0 Å². The van der Waals surface area contributed by atoms with Crippen LogP contribution in [0.1, 0.15) is 86.6 Å². The van der Waals surface area contributed by atoms with Crippen molar-refractivity contribution in [3.63, 3.8) is 0 Å². The lowest BCUT2D eigenvalue weighted by molar-refractivity contribution is -0.136. The molecule has 0 aromatic heterocycles. The van der Waals surface area contributed by atoms with E-state index < -0.39 is 6.04 Å². The van der Waals surface area contributed by atoms with Crippen LogP contribution >= 0.6 is 11.8 Å². The number of piperidine rings is 2. The number of nitrogens with zero attached hydrogens (tertiary/aromatic N) is 2. The lowest BCUT2D eigenvalue weighted by atomic mass is 10.0. The first-order chi connectivity index (χ1) is 16.1. The maximum absolute atomic E-state index is 12.9. The van der Waals surface area contributed by atoms with Crippen molar-refractivity contribution in [2.75, 3.05) is 25.4 Å². The number of carbonyl (C=O) groups is 3. The maximum Gasteiger partial charge on any atom is 0.255 e. The van der Waals surface area contributed by atoms with E-state index in [-0.39, 0.29) is 24.1 Å². The number of imide groups is 1. The first-order valence-electron chi connectivity index (χ1n) is 12.7. The van der Waals surface area contributed by atoms with Crippen LogP contribution in [-0.2, 0) is 16.1 Å². The first-order valence-corrected chi connectivity index (χ1v) is 13.7. The van der Waals surface area contributed by atoms with E-state index in [9.17, 15) is 14.4 Å². The van der Waals surface area contributed by atoms with E-state index in [2.05, 4.69) is 16.3 Å². The minimum absolute atomic E-state index is 0.0912. The smallest absolute Gasteiger partial charge is 0.255 e. The van der Waals surface area contributed by atoms with Crippen molar-refractivity contribution in [2.45, 2.75) is 88.1 Å². The van der Waals surface area contributed by atoms with Crippen LogP contribution in [0.15, 0.2) is 23.1 Å². The Bertz CT molecular complexity index is 853. The topological polar surface area (TPSA) is 69.7 Å². The molecule has 4 rings (SSSR count). The van der Waals surface area contributed by atoms with Gasteiger partial charge in [-0.15, -0.1) is 11.8 Å². The highest BCUT2D eigenvalue weighted by Gasteiger charge is 2.39. The Morgan fingerprint density at radius 3 is 2.48 bits per heavy atom. The molecule has 7 heteroatoms. The number of benzene rings is 1. The summed E-state index contributed by atoms with van der Waals surface area (Å²) in [7, 11) is 0. The molecule has 1 aromatic carbocycles. The highest BCUT2D eigenvalue weighted by molar-refractivity contribution is 7.99. The van der Waals surface area contributed by atoms with Gasteiger partial charge >= 0.3 is 0 Å². The normalized spacial score (nSPS) is 21.4. The van der Waals surface area contributed by atoms with Gasteiger partial charge in [0.2, 0.25) is 11.8 Å². The summed E-state index contributed by atoms with van der Waals surface area (Å²) in [5.74, 6) is 0.360. The molecule has 1 N–H and O–H groups in total. The Kier molecular flexibility index (Phi) is 8.84. The van der Waals surface area contributed by atoms with Gasteiger partial charge in [0.05, 0.1) is 0 Å². The fraction of sp³-hybridized carbons (Fsp3) is 0.654. The van der Waals surface area contributed by atoms with Crippen molar-refractivity contribution in [3.05, 3.63) is 29.3 Å². The largest absolute Gasteiger partial charge is 0.322 e. The summed E-state index contributed by atoms with van der Waals surface area (Å²) in [6.45, 7) is 4.35. The summed E-state index contributed by atoms with van der Waals surface area (Å²) < 4.78 is 0. The summed E-state index contributed by atoms with van der Waals surface area (Å²) in [4.78, 5) is 42.1. The molecule has 0 spiro atoms. The molecule has 33 heavy (non-hydrogen) atoms. The first kappa shape index (κ1) is 24.3. The number of rotatable bonds is 11. The molecule has 3 amide bonds. The summed E-state index contributed by atoms with van der Waals surface area (Å²) >= 11 is 1.82. The van der Waals surface area contributed by atoms with E-state index >= 15 is 0 Å². The third kappa shape index (κ3) is 6.38. The summed E-state index contributed by atoms with van der Waals surface area (Å²) in [5, 5.41) is 2.37. The molecule has 2 saturated heterocycles. The number of likely N-dealkylation sites (tertiary alicyclic amines) is 1. The fourth-order valence-corrected chi connectivity index (χ4v) is 6.29. The average molecular weight is 472 g/mol. The third-order valence-electron chi connectivity index (χ3n) is 7.11. The molecular weight excluding hydrogens is 434 g/mol. The number of nitrogens with one attached hydrogen (secondary N) is 1. The zero-order valence-electron chi connectivity index (χ0n) is 19.7. The van der Waals surface area contributed by atoms with E-state index in [0.717, 1.165) is 16.2 Å². The third-order valence-corrected chi connectivity index (χ3v) is 8.30. The van der Waals surface area contributed by atoms with Crippen molar-refractivity contribution < 1.29 is 14.4 Å². The number of fused-ring (bicyclic) bond motifs is 1. The highest BCUT2D eigenvalue weighted by atomic mass is 32.2. The molecule has 1 atom stereocenters. The molecule has 0 aliphatic carbocycles. The van der Waals surface area contributed by atoms with Crippen LogP contribution in [0.25, 0.3) is 0 Å². The predicted molar refractivity (Wildman–Crippen MR) is 131 cm³/mol.